The van der Waals surface area contributed by atoms with Crippen LogP contribution in [0.4, 0.5) is 0 Å². The van der Waals surface area contributed by atoms with Crippen molar-refractivity contribution in [1.82, 2.24) is 0 Å². The van der Waals surface area contributed by atoms with Gasteiger partial charge in [0.2, 0.25) is 0 Å². The monoisotopic (exact) mass is 169 g/mol. The molecule has 0 atom stereocenters. The van der Waals surface area contributed by atoms with Crippen molar-refractivity contribution in [1.29, 1.82) is 0 Å². The largest absolute Gasteiger partial charge is 0.329 e. The summed E-state index contributed by atoms with van der Waals surface area (Å²) >= 11 is 0. The first-order valence-corrected chi connectivity index (χ1v) is 4.84. The maximum Gasteiger partial charge on any atom is 0.140 e. The zero-order chi connectivity index (χ0) is 9.19. The van der Waals surface area contributed by atoms with Crippen molar-refractivity contribution in [2.45, 2.75) is 39.5 Å². The fraction of sp³-hybridized carbons (Fsp3) is 0.900. The van der Waals surface area contributed by atoms with Crippen LogP contribution in [0.2, 0.25) is 0 Å². The summed E-state index contributed by atoms with van der Waals surface area (Å²) in [5.41, 5.74) is 5.48. The van der Waals surface area contributed by atoms with Gasteiger partial charge in [-0.15, -0.1) is 0 Å². The van der Waals surface area contributed by atoms with Gasteiger partial charge in [-0.2, -0.15) is 0 Å². The van der Waals surface area contributed by atoms with Crippen molar-refractivity contribution >= 4 is 5.78 Å². The summed E-state index contributed by atoms with van der Waals surface area (Å²) in [6, 6.07) is 0. The number of nitrogens with two attached hydrogens (primary N) is 1. The Morgan fingerprint density at radius 3 is 2.42 bits per heavy atom. The second-order valence-corrected chi connectivity index (χ2v) is 4.34. The van der Waals surface area contributed by atoms with Gasteiger partial charge in [-0.3, -0.25) is 4.79 Å². The molecule has 2 N–H and O–H groups in total. The van der Waals surface area contributed by atoms with Gasteiger partial charge in [-0.1, -0.05) is 13.8 Å². The Hall–Kier alpha value is -0.370. The Balaban J connectivity index is 2.29. The van der Waals surface area contributed by atoms with Crippen molar-refractivity contribution in [3.8, 4) is 0 Å². The highest BCUT2D eigenvalue weighted by atomic mass is 16.1. The van der Waals surface area contributed by atoms with E-state index in [4.69, 9.17) is 5.73 Å². The second-order valence-electron chi connectivity index (χ2n) is 4.34. The molecular weight excluding hydrogens is 150 g/mol. The molecule has 0 heterocycles. The van der Waals surface area contributed by atoms with Crippen molar-refractivity contribution in [3.05, 3.63) is 0 Å². The minimum absolute atomic E-state index is 0.0745. The third kappa shape index (κ3) is 2.07. The number of hydrogen-bond donors (Lipinski definition) is 1. The van der Waals surface area contributed by atoms with Gasteiger partial charge in [-0.25, -0.2) is 0 Å². The second kappa shape index (κ2) is 3.56. The van der Waals surface area contributed by atoms with Gasteiger partial charge in [0.05, 0.1) is 0 Å². The minimum atomic E-state index is -0.0745. The molecule has 0 aromatic rings. The van der Waals surface area contributed by atoms with Gasteiger partial charge in [0.15, 0.2) is 0 Å². The SMILES string of the molecule is CC(C)CCC(=O)C1(CN)CC1. The number of carbonyl (C=O) groups is 1. The standard InChI is InChI=1S/C10H19NO/c1-8(2)3-4-9(12)10(7-11)5-6-10/h8H,3-7,11H2,1-2H3. The maximum atomic E-state index is 11.6. The van der Waals surface area contributed by atoms with Crippen LogP contribution in [0.5, 0.6) is 0 Å². The zero-order valence-electron chi connectivity index (χ0n) is 8.10. The van der Waals surface area contributed by atoms with E-state index < -0.39 is 0 Å². The quantitative estimate of drug-likeness (QED) is 0.681. The van der Waals surface area contributed by atoms with E-state index >= 15 is 0 Å². The van der Waals surface area contributed by atoms with Crippen LogP contribution in [0.25, 0.3) is 0 Å². The zero-order valence-corrected chi connectivity index (χ0v) is 8.10. The van der Waals surface area contributed by atoms with Gasteiger partial charge < -0.3 is 5.73 Å². The van der Waals surface area contributed by atoms with E-state index in [1.54, 1.807) is 0 Å². The molecule has 12 heavy (non-hydrogen) atoms. The number of carbonyl (C=O) groups excluding carboxylic acids is 1. The molecule has 70 valence electrons. The highest BCUT2D eigenvalue weighted by Crippen LogP contribution is 2.46. The molecule has 2 heteroatoms. The lowest BCUT2D eigenvalue weighted by Crippen LogP contribution is -2.25. The Kier molecular flexibility index (Phi) is 2.89. The third-order valence-electron chi connectivity index (χ3n) is 2.78. The molecule has 0 radical (unpaired) electrons. The third-order valence-corrected chi connectivity index (χ3v) is 2.78. The fourth-order valence-corrected chi connectivity index (χ4v) is 1.43. The van der Waals surface area contributed by atoms with Crippen molar-refractivity contribution in [2.75, 3.05) is 6.54 Å². The molecule has 0 aromatic carbocycles. The first-order chi connectivity index (χ1) is 5.60. The van der Waals surface area contributed by atoms with E-state index in [9.17, 15) is 4.79 Å². The van der Waals surface area contributed by atoms with E-state index in [2.05, 4.69) is 13.8 Å². The molecule has 1 rings (SSSR count). The summed E-state index contributed by atoms with van der Waals surface area (Å²) in [5, 5.41) is 0. The van der Waals surface area contributed by atoms with Crippen LogP contribution in [0, 0.1) is 11.3 Å². The summed E-state index contributed by atoms with van der Waals surface area (Å²) < 4.78 is 0. The average molecular weight is 169 g/mol. The van der Waals surface area contributed by atoms with Gasteiger partial charge in [0.1, 0.15) is 5.78 Å². The van der Waals surface area contributed by atoms with Gasteiger partial charge >= 0.3 is 0 Å². The van der Waals surface area contributed by atoms with Crippen LogP contribution < -0.4 is 5.73 Å². The summed E-state index contributed by atoms with van der Waals surface area (Å²) in [5.74, 6) is 1.03. The molecule has 2 nitrogen and oxygen atoms in total. The summed E-state index contributed by atoms with van der Waals surface area (Å²) in [4.78, 5) is 11.6. The molecule has 0 aromatic heterocycles. The van der Waals surface area contributed by atoms with Crippen LogP contribution >= 0.6 is 0 Å². The van der Waals surface area contributed by atoms with Gasteiger partial charge in [0, 0.05) is 18.4 Å². The number of Topliss-reactive ketones (excluding diaryl/α,β-unsaturated/α-hetero) is 1. The highest BCUT2D eigenvalue weighted by molar-refractivity contribution is 5.87. The Morgan fingerprint density at radius 1 is 1.50 bits per heavy atom. The molecule has 0 unspecified atom stereocenters. The van der Waals surface area contributed by atoms with E-state index in [-0.39, 0.29) is 5.41 Å². The first kappa shape index (κ1) is 9.72. The average Bonchev–Trinajstić information content (AvgIpc) is 2.80. The lowest BCUT2D eigenvalue weighted by atomic mass is 9.94. The van der Waals surface area contributed by atoms with E-state index in [1.165, 1.54) is 0 Å². The van der Waals surface area contributed by atoms with Crippen LogP contribution in [0.15, 0.2) is 0 Å². The predicted octanol–water partition coefficient (Wildman–Crippen LogP) is 1.73. The van der Waals surface area contributed by atoms with Crippen molar-refractivity contribution in [2.24, 2.45) is 17.1 Å². The molecule has 1 fully saturated rings. The minimum Gasteiger partial charge on any atom is -0.329 e. The summed E-state index contributed by atoms with van der Waals surface area (Å²) in [6.45, 7) is 4.86. The van der Waals surface area contributed by atoms with Gasteiger partial charge in [-0.05, 0) is 25.2 Å². The van der Waals surface area contributed by atoms with E-state index in [0.717, 1.165) is 25.7 Å². The van der Waals surface area contributed by atoms with Crippen LogP contribution in [-0.4, -0.2) is 12.3 Å². The smallest absolute Gasteiger partial charge is 0.140 e. The van der Waals surface area contributed by atoms with E-state index in [0.29, 0.717) is 18.2 Å². The number of ketones is 1. The Morgan fingerprint density at radius 2 is 2.08 bits per heavy atom. The van der Waals surface area contributed by atoms with Crippen LogP contribution in [-0.2, 0) is 4.79 Å². The summed E-state index contributed by atoms with van der Waals surface area (Å²) in [6.07, 6.45) is 3.80. The molecule has 1 aliphatic carbocycles. The Labute approximate surface area is 74.5 Å². The molecule has 0 amide bonds. The Bertz CT molecular complexity index is 171. The summed E-state index contributed by atoms with van der Waals surface area (Å²) in [7, 11) is 0. The van der Waals surface area contributed by atoms with Gasteiger partial charge in [0.25, 0.3) is 0 Å². The molecule has 1 saturated carbocycles. The fourth-order valence-electron chi connectivity index (χ4n) is 1.43. The number of rotatable bonds is 5. The molecule has 0 saturated heterocycles. The molecule has 0 aliphatic heterocycles. The maximum absolute atomic E-state index is 11.6. The molecule has 1 aliphatic rings. The molecule has 0 spiro atoms. The van der Waals surface area contributed by atoms with E-state index in [1.807, 2.05) is 0 Å². The number of hydrogen-bond acceptors (Lipinski definition) is 2. The topological polar surface area (TPSA) is 43.1 Å². The normalized spacial score (nSPS) is 19.7. The van der Waals surface area contributed by atoms with Crippen molar-refractivity contribution in [3.63, 3.8) is 0 Å². The highest BCUT2D eigenvalue weighted by Gasteiger charge is 2.47. The first-order valence-electron chi connectivity index (χ1n) is 4.84. The van der Waals surface area contributed by atoms with Crippen LogP contribution in [0.1, 0.15) is 39.5 Å². The molecule has 0 bridgehead atoms. The lowest BCUT2D eigenvalue weighted by Gasteiger charge is -2.11. The molecular formula is C10H19NO. The lowest BCUT2D eigenvalue weighted by molar-refractivity contribution is -0.124. The van der Waals surface area contributed by atoms with Crippen molar-refractivity contribution < 1.29 is 4.79 Å². The predicted molar refractivity (Wildman–Crippen MR) is 49.8 cm³/mol. The van der Waals surface area contributed by atoms with Crippen LogP contribution in [0.3, 0.4) is 0 Å².